The zero-order chi connectivity index (χ0) is 13.4. The first-order valence-corrected chi connectivity index (χ1v) is 6.41. The third-order valence-electron chi connectivity index (χ3n) is 1.86. The molecule has 1 amide bonds. The molecule has 1 unspecified atom stereocenters. The van der Waals surface area contributed by atoms with Gasteiger partial charge in [-0.2, -0.15) is 21.7 Å². The van der Waals surface area contributed by atoms with Crippen molar-refractivity contribution in [3.63, 3.8) is 0 Å². The highest BCUT2D eigenvalue weighted by molar-refractivity contribution is 7.98. The Kier molecular flexibility index (Phi) is 7.31. The molecule has 8 heteroatoms. The first-order chi connectivity index (χ1) is 7.88. The second kappa shape index (κ2) is 7.91. The molecule has 0 aliphatic rings. The van der Waals surface area contributed by atoms with Gasteiger partial charge in [-0.3, -0.25) is 4.79 Å². The summed E-state index contributed by atoms with van der Waals surface area (Å²) in [4.78, 5) is 20.4. The second-order valence-corrected chi connectivity index (χ2v) is 4.55. The van der Waals surface area contributed by atoms with Crippen LogP contribution in [0.25, 0.3) is 0 Å². The van der Waals surface area contributed by atoms with Crippen LogP contribution < -0.4 is 17.2 Å². The highest BCUT2D eigenvalue weighted by Gasteiger charge is 2.12. The summed E-state index contributed by atoms with van der Waals surface area (Å²) in [5.74, 6) is 0.315. The second-order valence-electron chi connectivity index (χ2n) is 3.56. The van der Waals surface area contributed by atoms with Crippen molar-refractivity contribution < 1.29 is 4.79 Å². The minimum atomic E-state index is -0.642. The lowest BCUT2D eigenvalue weighted by atomic mass is 10.2. The number of carbonyl (C=O) groups is 1. The number of guanidine groups is 2. The average Bonchev–Trinajstić information content (AvgIpc) is 2.25. The van der Waals surface area contributed by atoms with Crippen LogP contribution in [0, 0.1) is 0 Å². The molecule has 0 bridgehead atoms. The van der Waals surface area contributed by atoms with Crippen LogP contribution in [0.2, 0.25) is 0 Å². The summed E-state index contributed by atoms with van der Waals surface area (Å²) in [5.41, 5.74) is 16.6. The molecule has 0 aliphatic carbocycles. The van der Waals surface area contributed by atoms with E-state index in [0.717, 1.165) is 5.75 Å². The van der Waals surface area contributed by atoms with Gasteiger partial charge in [0.05, 0.1) is 6.04 Å². The lowest BCUT2D eigenvalue weighted by Crippen LogP contribution is -2.34. The number of carbonyl (C=O) groups excluding carboxylic acids is 1. The van der Waals surface area contributed by atoms with Crippen molar-refractivity contribution in [2.75, 3.05) is 26.1 Å². The van der Waals surface area contributed by atoms with E-state index in [9.17, 15) is 4.79 Å². The van der Waals surface area contributed by atoms with Gasteiger partial charge in [-0.15, -0.1) is 0 Å². The quantitative estimate of drug-likeness (QED) is 0.430. The van der Waals surface area contributed by atoms with Gasteiger partial charge in [0.1, 0.15) is 0 Å². The lowest BCUT2D eigenvalue weighted by molar-refractivity contribution is -0.119. The number of nitrogens with two attached hydrogens (primary N) is 3. The highest BCUT2D eigenvalue weighted by Crippen LogP contribution is 2.00. The van der Waals surface area contributed by atoms with Crippen LogP contribution >= 0.6 is 11.8 Å². The Balaban J connectivity index is 4.47. The lowest BCUT2D eigenvalue weighted by Gasteiger charge is -2.10. The molecule has 6 N–H and O–H groups in total. The molecular weight excluding hydrogens is 240 g/mol. The monoisotopic (exact) mass is 260 g/mol. The predicted octanol–water partition coefficient (Wildman–Crippen LogP) is -1.22. The van der Waals surface area contributed by atoms with Crippen molar-refractivity contribution in [2.45, 2.75) is 12.5 Å². The Hall–Kier alpha value is -1.28. The molecule has 0 heterocycles. The molecule has 0 spiro atoms. The van der Waals surface area contributed by atoms with Gasteiger partial charge in [0.15, 0.2) is 5.96 Å². The van der Waals surface area contributed by atoms with Crippen LogP contribution in [0.1, 0.15) is 6.42 Å². The van der Waals surface area contributed by atoms with E-state index in [4.69, 9.17) is 17.2 Å². The maximum Gasteiger partial charge on any atom is 0.265 e. The molecule has 98 valence electrons. The molecule has 17 heavy (non-hydrogen) atoms. The highest BCUT2D eigenvalue weighted by atomic mass is 32.2. The van der Waals surface area contributed by atoms with Crippen molar-refractivity contribution in [2.24, 2.45) is 27.2 Å². The number of amides is 1. The largest absolute Gasteiger partial charge is 0.369 e. The van der Waals surface area contributed by atoms with E-state index in [-0.39, 0.29) is 11.9 Å². The molecule has 0 aromatic carbocycles. The van der Waals surface area contributed by atoms with Gasteiger partial charge in [-0.1, -0.05) is 0 Å². The Labute approximate surface area is 106 Å². The Bertz CT molecular complexity index is 315. The summed E-state index contributed by atoms with van der Waals surface area (Å²) in [7, 11) is 3.41. The minimum absolute atomic E-state index is 0.178. The van der Waals surface area contributed by atoms with Crippen LogP contribution in [-0.2, 0) is 4.79 Å². The molecule has 0 rings (SSSR count). The molecule has 0 aromatic rings. The van der Waals surface area contributed by atoms with Gasteiger partial charge >= 0.3 is 0 Å². The number of hydrogen-bond acceptors (Lipinski definition) is 3. The van der Waals surface area contributed by atoms with Gasteiger partial charge in [0, 0.05) is 14.1 Å². The maximum atomic E-state index is 11.5. The Morgan fingerprint density at radius 2 is 1.94 bits per heavy atom. The van der Waals surface area contributed by atoms with E-state index >= 15 is 0 Å². The van der Waals surface area contributed by atoms with Gasteiger partial charge < -0.3 is 22.1 Å². The summed E-state index contributed by atoms with van der Waals surface area (Å²) in [6.07, 6.45) is 2.50. The van der Waals surface area contributed by atoms with Crippen molar-refractivity contribution in [3.05, 3.63) is 0 Å². The zero-order valence-electron chi connectivity index (χ0n) is 10.4. The number of nitrogens with zero attached hydrogens (tertiary/aromatic N) is 3. The summed E-state index contributed by atoms with van der Waals surface area (Å²) in [6, 6.07) is -0.642. The van der Waals surface area contributed by atoms with Crippen LogP contribution in [0.4, 0.5) is 0 Å². The number of hydrogen-bond donors (Lipinski definition) is 3. The number of rotatable bonds is 4. The first-order valence-electron chi connectivity index (χ1n) is 5.02. The molecule has 0 aliphatic heterocycles. The van der Waals surface area contributed by atoms with Crippen molar-refractivity contribution in [1.82, 2.24) is 4.90 Å². The molecule has 0 saturated heterocycles. The zero-order valence-corrected chi connectivity index (χ0v) is 11.2. The molecule has 0 aromatic heterocycles. The van der Waals surface area contributed by atoms with Gasteiger partial charge in [-0.05, 0) is 18.4 Å². The van der Waals surface area contributed by atoms with Crippen molar-refractivity contribution in [1.29, 1.82) is 0 Å². The van der Waals surface area contributed by atoms with E-state index < -0.39 is 11.9 Å². The molecule has 0 saturated carbocycles. The van der Waals surface area contributed by atoms with Crippen LogP contribution in [-0.4, -0.2) is 54.9 Å². The van der Waals surface area contributed by atoms with Crippen molar-refractivity contribution in [3.8, 4) is 0 Å². The SMILES string of the molecule is CSCCC(N)C(=O)N=C(N)/N=C(\N)N(C)C. The summed E-state index contributed by atoms with van der Waals surface area (Å²) < 4.78 is 0. The fraction of sp³-hybridized carbons (Fsp3) is 0.667. The molecule has 7 nitrogen and oxygen atoms in total. The third-order valence-corrected chi connectivity index (χ3v) is 2.51. The molecular formula is C9H20N6OS. The number of aliphatic imine (C=N–C) groups is 2. The smallest absolute Gasteiger partial charge is 0.265 e. The van der Waals surface area contributed by atoms with E-state index in [0.29, 0.717) is 6.42 Å². The molecule has 0 radical (unpaired) electrons. The molecule has 1 atom stereocenters. The first kappa shape index (κ1) is 15.7. The van der Waals surface area contributed by atoms with Crippen LogP contribution in [0.3, 0.4) is 0 Å². The average molecular weight is 260 g/mol. The summed E-state index contributed by atoms with van der Waals surface area (Å²) in [5, 5.41) is 0. The van der Waals surface area contributed by atoms with Gasteiger partial charge in [0.2, 0.25) is 5.96 Å². The fourth-order valence-corrected chi connectivity index (χ4v) is 1.30. The predicted molar refractivity (Wildman–Crippen MR) is 72.9 cm³/mol. The standard InChI is InChI=1S/C9H20N6OS/c1-15(2)9(12)14-8(11)13-7(16)6(10)4-5-17-3/h6H,4-5,10H2,1-3H3,(H4,11,12,13,14,16). The van der Waals surface area contributed by atoms with E-state index in [1.54, 1.807) is 30.8 Å². The van der Waals surface area contributed by atoms with Gasteiger partial charge in [0.25, 0.3) is 5.91 Å². The van der Waals surface area contributed by atoms with Crippen LogP contribution in [0.15, 0.2) is 9.98 Å². The van der Waals surface area contributed by atoms with E-state index in [1.807, 2.05) is 6.26 Å². The number of thioether (sulfide) groups is 1. The topological polar surface area (TPSA) is 123 Å². The molecule has 0 fully saturated rings. The van der Waals surface area contributed by atoms with E-state index in [2.05, 4.69) is 9.98 Å². The van der Waals surface area contributed by atoms with Crippen LogP contribution in [0.5, 0.6) is 0 Å². The summed E-state index contributed by atoms with van der Waals surface area (Å²) in [6.45, 7) is 0. The third kappa shape index (κ3) is 6.80. The van der Waals surface area contributed by atoms with Crippen molar-refractivity contribution >= 4 is 29.6 Å². The maximum absolute atomic E-state index is 11.5. The Morgan fingerprint density at radius 3 is 2.41 bits per heavy atom. The van der Waals surface area contributed by atoms with E-state index in [1.165, 1.54) is 0 Å². The Morgan fingerprint density at radius 1 is 1.35 bits per heavy atom. The minimum Gasteiger partial charge on any atom is -0.369 e. The normalized spacial score (nSPS) is 14.6. The van der Waals surface area contributed by atoms with Gasteiger partial charge in [-0.25, -0.2) is 0 Å². The fourth-order valence-electron chi connectivity index (χ4n) is 0.806. The summed E-state index contributed by atoms with van der Waals surface area (Å²) >= 11 is 1.61.